The lowest BCUT2D eigenvalue weighted by Gasteiger charge is -2.09. The third-order valence-electron chi connectivity index (χ3n) is 4.59. The van der Waals surface area contributed by atoms with Crippen molar-refractivity contribution < 1.29 is 9.47 Å². The Balaban J connectivity index is 1.46. The van der Waals surface area contributed by atoms with Crippen molar-refractivity contribution in [3.63, 3.8) is 0 Å². The monoisotopic (exact) mass is 388 g/mol. The molecule has 0 bridgehead atoms. The van der Waals surface area contributed by atoms with Crippen molar-refractivity contribution in [1.29, 1.82) is 0 Å². The molecule has 6 nitrogen and oxygen atoms in total. The quantitative estimate of drug-likeness (QED) is 0.441. The Kier molecular flexibility index (Phi) is 4.14. The molecule has 0 saturated heterocycles. The summed E-state index contributed by atoms with van der Waals surface area (Å²) >= 11 is 1.68. The highest BCUT2D eigenvalue weighted by molar-refractivity contribution is 7.08. The molecule has 0 aliphatic carbocycles. The molecule has 0 amide bonds. The normalized spacial score (nSPS) is 11.2. The van der Waals surface area contributed by atoms with E-state index in [-0.39, 0.29) is 0 Å². The van der Waals surface area contributed by atoms with E-state index in [2.05, 4.69) is 38.1 Å². The van der Waals surface area contributed by atoms with Crippen LogP contribution in [0.1, 0.15) is 5.82 Å². The van der Waals surface area contributed by atoms with Gasteiger partial charge in [-0.15, -0.1) is 10.2 Å². The summed E-state index contributed by atoms with van der Waals surface area (Å²) in [6.07, 6.45) is 3.78. The predicted octanol–water partition coefficient (Wildman–Crippen LogP) is 4.59. The molecule has 5 aromatic rings. The van der Waals surface area contributed by atoms with Gasteiger partial charge >= 0.3 is 0 Å². The molecule has 28 heavy (non-hydrogen) atoms. The number of thiophene rings is 1. The van der Waals surface area contributed by atoms with Crippen molar-refractivity contribution in [1.82, 2.24) is 19.6 Å². The number of rotatable bonds is 5. The number of fused-ring (bicyclic) bond motifs is 2. The molecule has 4 heterocycles. The predicted molar refractivity (Wildman–Crippen MR) is 109 cm³/mol. The lowest BCUT2D eigenvalue weighted by Crippen LogP contribution is -2.02. The SMILES string of the molecule is COc1ccc2c(OCc3nnc4ccc(-c5ccsc5)cn34)ccnc2c1. The summed E-state index contributed by atoms with van der Waals surface area (Å²) in [7, 11) is 1.64. The first-order valence-electron chi connectivity index (χ1n) is 8.73. The molecule has 4 aromatic heterocycles. The van der Waals surface area contributed by atoms with Crippen LogP contribution in [-0.4, -0.2) is 26.7 Å². The van der Waals surface area contributed by atoms with Crippen LogP contribution in [-0.2, 0) is 6.61 Å². The smallest absolute Gasteiger partial charge is 0.175 e. The van der Waals surface area contributed by atoms with Crippen LogP contribution in [0.4, 0.5) is 0 Å². The van der Waals surface area contributed by atoms with E-state index in [1.807, 2.05) is 40.9 Å². The lowest BCUT2D eigenvalue weighted by atomic mass is 10.1. The van der Waals surface area contributed by atoms with E-state index in [1.54, 1.807) is 24.6 Å². The van der Waals surface area contributed by atoms with Crippen molar-refractivity contribution in [3.8, 4) is 22.6 Å². The maximum absolute atomic E-state index is 6.07. The van der Waals surface area contributed by atoms with Crippen LogP contribution in [0.2, 0.25) is 0 Å². The number of ether oxygens (including phenoxy) is 2. The summed E-state index contributed by atoms with van der Waals surface area (Å²) in [5.74, 6) is 2.26. The summed E-state index contributed by atoms with van der Waals surface area (Å²) in [5, 5.41) is 13.7. The van der Waals surface area contributed by atoms with Crippen molar-refractivity contribution in [2.75, 3.05) is 7.11 Å². The van der Waals surface area contributed by atoms with Gasteiger partial charge in [-0.1, -0.05) is 0 Å². The average molecular weight is 388 g/mol. The Hall–Kier alpha value is -3.45. The van der Waals surface area contributed by atoms with Crippen molar-refractivity contribution in [2.45, 2.75) is 6.61 Å². The van der Waals surface area contributed by atoms with E-state index in [4.69, 9.17) is 9.47 Å². The second kappa shape index (κ2) is 6.94. The van der Waals surface area contributed by atoms with Gasteiger partial charge in [-0.2, -0.15) is 11.3 Å². The van der Waals surface area contributed by atoms with Crippen LogP contribution in [0.25, 0.3) is 27.7 Å². The second-order valence-corrected chi connectivity index (χ2v) is 7.04. The van der Waals surface area contributed by atoms with E-state index >= 15 is 0 Å². The molecule has 0 N–H and O–H groups in total. The lowest BCUT2D eigenvalue weighted by molar-refractivity contribution is 0.298. The van der Waals surface area contributed by atoms with Crippen molar-refractivity contribution in [2.24, 2.45) is 0 Å². The van der Waals surface area contributed by atoms with Gasteiger partial charge < -0.3 is 9.47 Å². The van der Waals surface area contributed by atoms with Crippen LogP contribution in [0.5, 0.6) is 11.5 Å². The molecule has 5 rings (SSSR count). The minimum atomic E-state index is 0.305. The summed E-state index contributed by atoms with van der Waals surface area (Å²) in [4.78, 5) is 4.39. The number of benzene rings is 1. The Morgan fingerprint density at radius 1 is 1.04 bits per heavy atom. The van der Waals surface area contributed by atoms with Gasteiger partial charge in [0.15, 0.2) is 11.5 Å². The zero-order chi connectivity index (χ0) is 18.9. The highest BCUT2D eigenvalue weighted by Gasteiger charge is 2.10. The summed E-state index contributed by atoms with van der Waals surface area (Å²) in [6.45, 7) is 0.305. The van der Waals surface area contributed by atoms with E-state index < -0.39 is 0 Å². The zero-order valence-corrected chi connectivity index (χ0v) is 15.9. The molecule has 0 fully saturated rings. The van der Waals surface area contributed by atoms with Gasteiger partial charge in [-0.25, -0.2) is 0 Å². The van der Waals surface area contributed by atoms with Gasteiger partial charge in [0.05, 0.1) is 12.6 Å². The molecule has 1 aromatic carbocycles. The zero-order valence-electron chi connectivity index (χ0n) is 15.1. The largest absolute Gasteiger partial charge is 0.497 e. The Labute approximate surface area is 165 Å². The van der Waals surface area contributed by atoms with Crippen molar-refractivity contribution >= 4 is 27.9 Å². The Morgan fingerprint density at radius 3 is 2.86 bits per heavy atom. The third-order valence-corrected chi connectivity index (χ3v) is 5.28. The minimum Gasteiger partial charge on any atom is -0.497 e. The summed E-state index contributed by atoms with van der Waals surface area (Å²) < 4.78 is 13.3. The second-order valence-electron chi connectivity index (χ2n) is 6.26. The minimum absolute atomic E-state index is 0.305. The van der Waals surface area contributed by atoms with Crippen LogP contribution in [0, 0.1) is 0 Å². The fourth-order valence-corrected chi connectivity index (χ4v) is 3.80. The molecule has 0 spiro atoms. The molecule has 0 atom stereocenters. The molecule has 0 unspecified atom stereocenters. The number of hydrogen-bond donors (Lipinski definition) is 0. The topological polar surface area (TPSA) is 61.5 Å². The van der Waals surface area contributed by atoms with Crippen LogP contribution in [0.15, 0.2) is 65.6 Å². The Morgan fingerprint density at radius 2 is 2.00 bits per heavy atom. The molecule has 0 radical (unpaired) electrons. The van der Waals surface area contributed by atoms with E-state index in [9.17, 15) is 0 Å². The molecule has 0 saturated carbocycles. The van der Waals surface area contributed by atoms with Gasteiger partial charge in [0, 0.05) is 23.8 Å². The molecule has 0 aliphatic rings. The molecule has 138 valence electrons. The first kappa shape index (κ1) is 16.7. The summed E-state index contributed by atoms with van der Waals surface area (Å²) in [6, 6.07) is 13.7. The first-order valence-corrected chi connectivity index (χ1v) is 9.68. The highest BCUT2D eigenvalue weighted by atomic mass is 32.1. The maximum atomic E-state index is 6.07. The maximum Gasteiger partial charge on any atom is 0.175 e. The van der Waals surface area contributed by atoms with Crippen LogP contribution >= 0.6 is 11.3 Å². The van der Waals surface area contributed by atoms with Crippen molar-refractivity contribution in [3.05, 3.63) is 71.4 Å². The molecular formula is C21H16N4O2S. The Bertz CT molecular complexity index is 1260. The number of pyridine rings is 2. The summed E-state index contributed by atoms with van der Waals surface area (Å²) in [5.41, 5.74) is 3.92. The van der Waals surface area contributed by atoms with Gasteiger partial charge in [-0.3, -0.25) is 9.38 Å². The number of methoxy groups -OCH3 is 1. The molecule has 0 aliphatic heterocycles. The standard InChI is InChI=1S/C21H16N4O2S/c1-26-16-3-4-17-18(10-16)22-8-6-19(17)27-12-21-24-23-20-5-2-14(11-25(20)21)15-7-9-28-13-15/h2-11,13H,12H2,1H3. The van der Waals surface area contributed by atoms with Crippen LogP contribution in [0.3, 0.4) is 0 Å². The van der Waals surface area contributed by atoms with Gasteiger partial charge in [0.1, 0.15) is 18.1 Å². The van der Waals surface area contributed by atoms with Crippen LogP contribution < -0.4 is 9.47 Å². The number of nitrogens with zero attached hydrogens (tertiary/aromatic N) is 4. The van der Waals surface area contributed by atoms with Gasteiger partial charge in [0.2, 0.25) is 0 Å². The fraction of sp³-hybridized carbons (Fsp3) is 0.0952. The fourth-order valence-electron chi connectivity index (χ4n) is 3.13. The molecule has 7 heteroatoms. The number of hydrogen-bond acceptors (Lipinski definition) is 6. The van der Waals surface area contributed by atoms with E-state index in [0.717, 1.165) is 39.4 Å². The van der Waals surface area contributed by atoms with E-state index in [0.29, 0.717) is 6.61 Å². The van der Waals surface area contributed by atoms with Gasteiger partial charge in [0.25, 0.3) is 0 Å². The average Bonchev–Trinajstić information content (AvgIpc) is 3.41. The highest BCUT2D eigenvalue weighted by Crippen LogP contribution is 2.28. The molecular weight excluding hydrogens is 372 g/mol. The number of aromatic nitrogens is 4. The third kappa shape index (κ3) is 2.95. The first-order chi connectivity index (χ1) is 13.8. The van der Waals surface area contributed by atoms with E-state index in [1.165, 1.54) is 5.56 Å². The van der Waals surface area contributed by atoms with Gasteiger partial charge in [-0.05, 0) is 58.3 Å².